The third-order valence-corrected chi connectivity index (χ3v) is 7.24. The third-order valence-electron chi connectivity index (χ3n) is 7.24. The summed E-state index contributed by atoms with van der Waals surface area (Å²) in [5, 5.41) is 11.9. The maximum Gasteiger partial charge on any atom is 0.108 e. The Morgan fingerprint density at radius 2 is 2.09 bits per heavy atom. The molecule has 2 atom stereocenters. The number of methoxy groups -OCH3 is 1. The quantitative estimate of drug-likeness (QED) is 0.560. The molecule has 2 aliphatic rings. The van der Waals surface area contributed by atoms with Gasteiger partial charge in [-0.05, 0) is 53.7 Å². The van der Waals surface area contributed by atoms with Crippen molar-refractivity contribution in [3.05, 3.63) is 70.6 Å². The van der Waals surface area contributed by atoms with Gasteiger partial charge in [0, 0.05) is 54.9 Å². The van der Waals surface area contributed by atoms with Crippen molar-refractivity contribution in [3.63, 3.8) is 0 Å². The number of aromatic nitrogens is 1. The van der Waals surface area contributed by atoms with Crippen LogP contribution in [0.2, 0.25) is 0 Å². The van der Waals surface area contributed by atoms with Crippen molar-refractivity contribution in [2.75, 3.05) is 20.8 Å². The zero-order chi connectivity index (χ0) is 23.4. The lowest BCUT2D eigenvalue weighted by molar-refractivity contribution is 0.161. The molecule has 170 valence electrons. The molecule has 4 heteroatoms. The summed E-state index contributed by atoms with van der Waals surface area (Å²) < 4.78 is 5.47. The van der Waals surface area contributed by atoms with Crippen LogP contribution in [-0.2, 0) is 10.2 Å². The second kappa shape index (κ2) is 8.08. The van der Waals surface area contributed by atoms with Gasteiger partial charge in [0.25, 0.3) is 0 Å². The summed E-state index contributed by atoms with van der Waals surface area (Å²) in [4.78, 5) is 7.11. The van der Waals surface area contributed by atoms with Gasteiger partial charge in [-0.15, -0.1) is 0 Å². The van der Waals surface area contributed by atoms with E-state index in [0.29, 0.717) is 12.5 Å². The zero-order valence-electron chi connectivity index (χ0n) is 20.5. The van der Waals surface area contributed by atoms with Crippen molar-refractivity contribution >= 4 is 16.6 Å². The number of ether oxygens (including phenoxy) is 1. The Kier molecular flexibility index (Phi) is 5.70. The Morgan fingerprint density at radius 1 is 1.38 bits per heavy atom. The molecular formula is C28H36N2O2. The monoisotopic (exact) mass is 432 g/mol. The van der Waals surface area contributed by atoms with Crippen LogP contribution in [0.4, 0.5) is 0 Å². The Balaban J connectivity index is 2.17. The predicted octanol–water partition coefficient (Wildman–Crippen LogP) is 6.35. The van der Waals surface area contributed by atoms with Gasteiger partial charge in [0.15, 0.2) is 0 Å². The number of nitrogens with zero attached hydrogens (tertiary/aromatic N) is 2. The van der Waals surface area contributed by atoms with Gasteiger partial charge in [-0.3, -0.25) is 4.98 Å². The molecule has 2 heterocycles. The fourth-order valence-electron chi connectivity index (χ4n) is 6.02. The van der Waals surface area contributed by atoms with Gasteiger partial charge in [-0.1, -0.05) is 46.4 Å². The summed E-state index contributed by atoms with van der Waals surface area (Å²) in [7, 11) is 3.82. The molecular weight excluding hydrogens is 396 g/mol. The molecule has 2 aromatic rings. The minimum Gasteiger partial charge on any atom is -0.511 e. The molecule has 1 aliphatic heterocycles. The van der Waals surface area contributed by atoms with Crippen LogP contribution in [0.3, 0.4) is 0 Å². The van der Waals surface area contributed by atoms with E-state index < -0.39 is 0 Å². The molecule has 1 aliphatic carbocycles. The smallest absolute Gasteiger partial charge is 0.108 e. The number of hydrogen-bond acceptors (Lipinski definition) is 4. The number of benzene rings is 1. The van der Waals surface area contributed by atoms with Gasteiger partial charge in [0.1, 0.15) is 5.76 Å². The number of likely N-dealkylation sites (N-methyl/N-ethyl adjacent to an activating group) is 1. The minimum absolute atomic E-state index is 0.0822. The van der Waals surface area contributed by atoms with E-state index in [1.807, 2.05) is 12.3 Å². The molecule has 0 saturated carbocycles. The van der Waals surface area contributed by atoms with Gasteiger partial charge in [-0.2, -0.15) is 0 Å². The van der Waals surface area contributed by atoms with E-state index in [4.69, 9.17) is 9.72 Å². The van der Waals surface area contributed by atoms with Crippen LogP contribution in [-0.4, -0.2) is 41.8 Å². The van der Waals surface area contributed by atoms with E-state index in [0.717, 1.165) is 17.3 Å². The summed E-state index contributed by atoms with van der Waals surface area (Å²) in [5.74, 6) is 0.709. The molecule has 4 nitrogen and oxygen atoms in total. The first-order valence-corrected chi connectivity index (χ1v) is 11.6. The first-order chi connectivity index (χ1) is 15.1. The molecule has 1 N–H and O–H groups in total. The zero-order valence-corrected chi connectivity index (χ0v) is 20.5. The average Bonchev–Trinajstić information content (AvgIpc) is 2.72. The summed E-state index contributed by atoms with van der Waals surface area (Å²) in [6.45, 7) is 15.9. The van der Waals surface area contributed by atoms with Crippen molar-refractivity contribution in [2.45, 2.75) is 58.4 Å². The van der Waals surface area contributed by atoms with Crippen LogP contribution >= 0.6 is 0 Å². The number of rotatable bonds is 5. The number of pyridine rings is 1. The Hall–Kier alpha value is -2.59. The molecule has 0 amide bonds. The molecule has 1 aromatic heterocycles. The SMILES string of the molecule is C=C(O)C1C(CCOC)c2cc3cccnc3c3c2C(=C(C)/C(=C\C(C)C)C3(C)C)N1C. The lowest BCUT2D eigenvalue weighted by atomic mass is 9.63. The van der Waals surface area contributed by atoms with Gasteiger partial charge in [0.2, 0.25) is 0 Å². The van der Waals surface area contributed by atoms with Crippen LogP contribution in [0.5, 0.6) is 0 Å². The standard InChI is InChI=1S/C28H36N2O2/c1-16(2)14-22-17(3)26-23-21(20(11-13-32-8)27(18(4)31)30(26)7)15-19-10-9-12-29-25(19)24(23)28(22,5)6/h9-10,12,14-16,20,27,31H,4,11,13H2,1-3,5-8H3/b22-14+. The fourth-order valence-corrected chi connectivity index (χ4v) is 6.02. The topological polar surface area (TPSA) is 45.6 Å². The van der Waals surface area contributed by atoms with Crippen molar-refractivity contribution in [1.29, 1.82) is 0 Å². The average molecular weight is 433 g/mol. The molecule has 0 fully saturated rings. The second-order valence-corrected chi connectivity index (χ2v) is 10.1. The number of allylic oxidation sites excluding steroid dienone is 3. The van der Waals surface area contributed by atoms with Crippen LogP contribution < -0.4 is 0 Å². The highest BCUT2D eigenvalue weighted by atomic mass is 16.5. The summed E-state index contributed by atoms with van der Waals surface area (Å²) in [6.07, 6.45) is 5.09. The van der Waals surface area contributed by atoms with E-state index in [1.165, 1.54) is 33.5 Å². The number of aliphatic hydroxyl groups is 1. The van der Waals surface area contributed by atoms with E-state index >= 15 is 0 Å². The molecule has 0 spiro atoms. The predicted molar refractivity (Wildman–Crippen MR) is 133 cm³/mol. The molecule has 0 radical (unpaired) electrons. The number of aliphatic hydroxyl groups excluding tert-OH is 1. The van der Waals surface area contributed by atoms with Crippen LogP contribution in [0, 0.1) is 5.92 Å². The van der Waals surface area contributed by atoms with Crippen molar-refractivity contribution in [3.8, 4) is 0 Å². The van der Waals surface area contributed by atoms with Gasteiger partial charge in [0.05, 0.1) is 11.6 Å². The molecule has 1 aromatic carbocycles. The molecule has 2 unspecified atom stereocenters. The van der Waals surface area contributed by atoms with Crippen LogP contribution in [0.15, 0.2) is 54.0 Å². The highest BCUT2D eigenvalue weighted by molar-refractivity contribution is 5.95. The molecule has 32 heavy (non-hydrogen) atoms. The van der Waals surface area contributed by atoms with Crippen molar-refractivity contribution in [1.82, 2.24) is 9.88 Å². The largest absolute Gasteiger partial charge is 0.511 e. The molecule has 0 bridgehead atoms. The summed E-state index contributed by atoms with van der Waals surface area (Å²) in [5.41, 5.74) is 8.50. The lowest BCUT2D eigenvalue weighted by Crippen LogP contribution is -2.45. The minimum atomic E-state index is -0.203. The maximum absolute atomic E-state index is 10.7. The van der Waals surface area contributed by atoms with Gasteiger partial charge in [-0.25, -0.2) is 0 Å². The highest BCUT2D eigenvalue weighted by Crippen LogP contribution is 2.55. The number of fused-ring (bicyclic) bond motifs is 2. The Labute approximate surface area is 192 Å². The third kappa shape index (κ3) is 3.27. The Morgan fingerprint density at radius 3 is 2.72 bits per heavy atom. The fraction of sp³-hybridized carbons (Fsp3) is 0.464. The van der Waals surface area contributed by atoms with Gasteiger partial charge < -0.3 is 14.7 Å². The summed E-state index contributed by atoms with van der Waals surface area (Å²) in [6, 6.07) is 6.24. The van der Waals surface area contributed by atoms with Gasteiger partial charge >= 0.3 is 0 Å². The molecule has 4 rings (SSSR count). The summed E-state index contributed by atoms with van der Waals surface area (Å²) >= 11 is 0. The number of hydrogen-bond donors (Lipinski definition) is 1. The second-order valence-electron chi connectivity index (χ2n) is 10.1. The van der Waals surface area contributed by atoms with Crippen molar-refractivity contribution < 1.29 is 9.84 Å². The van der Waals surface area contributed by atoms with E-state index in [-0.39, 0.29) is 23.1 Å². The lowest BCUT2D eigenvalue weighted by Gasteiger charge is -2.49. The van der Waals surface area contributed by atoms with Crippen LogP contribution in [0.1, 0.15) is 63.6 Å². The van der Waals surface area contributed by atoms with Crippen LogP contribution in [0.25, 0.3) is 16.6 Å². The first-order valence-electron chi connectivity index (χ1n) is 11.6. The highest BCUT2D eigenvalue weighted by Gasteiger charge is 2.46. The molecule has 0 saturated heterocycles. The first kappa shape index (κ1) is 22.6. The maximum atomic E-state index is 10.7. The van der Waals surface area contributed by atoms with E-state index in [2.05, 4.69) is 71.4 Å². The Bertz CT molecular complexity index is 1140. The van der Waals surface area contributed by atoms with Crippen molar-refractivity contribution in [2.24, 2.45) is 5.92 Å². The van der Waals surface area contributed by atoms with E-state index in [9.17, 15) is 5.11 Å². The normalized spacial score (nSPS) is 23.2. The van der Waals surface area contributed by atoms with E-state index in [1.54, 1.807) is 7.11 Å².